The number of hydrogen-bond donors (Lipinski definition) is 2. The molecule has 5 heteroatoms. The van der Waals surface area contributed by atoms with E-state index in [1.54, 1.807) is 7.11 Å². The predicted molar refractivity (Wildman–Crippen MR) is 99.2 cm³/mol. The van der Waals surface area contributed by atoms with Crippen molar-refractivity contribution in [1.29, 1.82) is 0 Å². The van der Waals surface area contributed by atoms with E-state index in [0.29, 0.717) is 17.3 Å². The van der Waals surface area contributed by atoms with Gasteiger partial charge in [-0.25, -0.2) is 0 Å². The van der Waals surface area contributed by atoms with E-state index in [2.05, 4.69) is 28.4 Å². The van der Waals surface area contributed by atoms with Gasteiger partial charge in [-0.2, -0.15) is 0 Å². The lowest BCUT2D eigenvalue weighted by Gasteiger charge is -2.25. The minimum Gasteiger partial charge on any atom is -0.495 e. The summed E-state index contributed by atoms with van der Waals surface area (Å²) in [4.78, 5) is 2.29. The van der Waals surface area contributed by atoms with Crippen LogP contribution in [0.1, 0.15) is 18.4 Å². The molecule has 1 unspecified atom stereocenters. The zero-order valence-corrected chi connectivity index (χ0v) is 14.6. The van der Waals surface area contributed by atoms with Crippen molar-refractivity contribution in [2.45, 2.75) is 25.4 Å². The molecule has 2 aromatic rings. The van der Waals surface area contributed by atoms with Crippen LogP contribution in [0.15, 0.2) is 42.5 Å². The van der Waals surface area contributed by atoms with Crippen LogP contribution < -0.4 is 15.0 Å². The number of benzene rings is 2. The largest absolute Gasteiger partial charge is 0.495 e. The first-order valence-corrected chi connectivity index (χ1v) is 8.63. The number of aliphatic hydroxyl groups excluding tert-OH is 1. The standard InChI is InChI=1S/C19H23ClN2O2/c1-24-19-8-7-14(10-18(19)20)12-21-15-4-2-5-16(11-15)22-9-3-6-17(22)13-23/h2,4-5,7-8,10-11,17,21,23H,3,6,9,12-13H2,1H3. The van der Waals surface area contributed by atoms with Crippen LogP contribution in [0, 0.1) is 0 Å². The summed E-state index contributed by atoms with van der Waals surface area (Å²) in [5, 5.41) is 13.6. The van der Waals surface area contributed by atoms with Crippen molar-refractivity contribution in [3.8, 4) is 5.75 Å². The number of hydrogen-bond acceptors (Lipinski definition) is 4. The molecule has 3 rings (SSSR count). The molecule has 0 amide bonds. The molecule has 0 aromatic heterocycles. The van der Waals surface area contributed by atoms with Gasteiger partial charge in [0.15, 0.2) is 0 Å². The maximum absolute atomic E-state index is 9.51. The molecular weight excluding hydrogens is 324 g/mol. The zero-order chi connectivity index (χ0) is 16.9. The van der Waals surface area contributed by atoms with Crippen LogP contribution in [0.5, 0.6) is 5.75 Å². The van der Waals surface area contributed by atoms with Crippen molar-refractivity contribution in [3.05, 3.63) is 53.1 Å². The molecule has 0 spiro atoms. The highest BCUT2D eigenvalue weighted by atomic mass is 35.5. The molecule has 1 heterocycles. The lowest BCUT2D eigenvalue weighted by atomic mass is 10.2. The van der Waals surface area contributed by atoms with Gasteiger partial charge < -0.3 is 20.1 Å². The average molecular weight is 347 g/mol. The van der Waals surface area contributed by atoms with Gasteiger partial charge in [-0.15, -0.1) is 0 Å². The van der Waals surface area contributed by atoms with Crippen LogP contribution in [0.2, 0.25) is 5.02 Å². The van der Waals surface area contributed by atoms with E-state index in [4.69, 9.17) is 16.3 Å². The number of anilines is 2. The monoisotopic (exact) mass is 346 g/mol. The smallest absolute Gasteiger partial charge is 0.137 e. The molecule has 0 radical (unpaired) electrons. The third kappa shape index (κ3) is 3.77. The van der Waals surface area contributed by atoms with Gasteiger partial charge in [0.2, 0.25) is 0 Å². The van der Waals surface area contributed by atoms with Crippen LogP contribution in [0.25, 0.3) is 0 Å². The Hall–Kier alpha value is -1.91. The third-order valence-electron chi connectivity index (χ3n) is 4.48. The van der Waals surface area contributed by atoms with E-state index in [0.717, 1.165) is 36.3 Å². The molecule has 1 atom stereocenters. The number of methoxy groups -OCH3 is 1. The SMILES string of the molecule is COc1ccc(CNc2cccc(N3CCCC3CO)c2)cc1Cl. The van der Waals surface area contributed by atoms with Crippen molar-refractivity contribution in [2.24, 2.45) is 0 Å². The van der Waals surface area contributed by atoms with Crippen LogP contribution >= 0.6 is 11.6 Å². The average Bonchev–Trinajstić information content (AvgIpc) is 3.09. The van der Waals surface area contributed by atoms with E-state index >= 15 is 0 Å². The Kier molecular flexibility index (Phi) is 5.48. The summed E-state index contributed by atoms with van der Waals surface area (Å²) in [7, 11) is 1.61. The van der Waals surface area contributed by atoms with Gasteiger partial charge in [-0.3, -0.25) is 0 Å². The van der Waals surface area contributed by atoms with Crippen molar-refractivity contribution in [3.63, 3.8) is 0 Å². The lowest BCUT2D eigenvalue weighted by Crippen LogP contribution is -2.31. The highest BCUT2D eigenvalue weighted by Gasteiger charge is 2.23. The normalized spacial score (nSPS) is 17.1. The van der Waals surface area contributed by atoms with E-state index < -0.39 is 0 Å². The molecule has 24 heavy (non-hydrogen) atoms. The molecule has 1 saturated heterocycles. The summed E-state index contributed by atoms with van der Waals surface area (Å²) in [6.07, 6.45) is 2.19. The third-order valence-corrected chi connectivity index (χ3v) is 4.77. The van der Waals surface area contributed by atoms with E-state index in [-0.39, 0.29) is 12.6 Å². The van der Waals surface area contributed by atoms with Crippen molar-refractivity contribution in [1.82, 2.24) is 0 Å². The summed E-state index contributed by atoms with van der Waals surface area (Å²) >= 11 is 6.17. The summed E-state index contributed by atoms with van der Waals surface area (Å²) in [6, 6.07) is 14.4. The second kappa shape index (κ2) is 7.77. The molecule has 2 aromatic carbocycles. The minimum absolute atomic E-state index is 0.210. The highest BCUT2D eigenvalue weighted by Crippen LogP contribution is 2.28. The Morgan fingerprint density at radius 2 is 2.17 bits per heavy atom. The first kappa shape index (κ1) is 16.9. The second-order valence-corrected chi connectivity index (χ2v) is 6.45. The summed E-state index contributed by atoms with van der Waals surface area (Å²) in [6.45, 7) is 1.90. The fraction of sp³-hybridized carbons (Fsp3) is 0.368. The summed E-state index contributed by atoms with van der Waals surface area (Å²) in [5.74, 6) is 0.687. The van der Waals surface area contributed by atoms with Gasteiger partial charge in [0, 0.05) is 24.5 Å². The first-order chi connectivity index (χ1) is 11.7. The number of nitrogens with zero attached hydrogens (tertiary/aromatic N) is 1. The number of aliphatic hydroxyl groups is 1. The topological polar surface area (TPSA) is 44.7 Å². The van der Waals surface area contributed by atoms with Crippen molar-refractivity contribution in [2.75, 3.05) is 30.5 Å². The van der Waals surface area contributed by atoms with Crippen LogP contribution in [-0.4, -0.2) is 31.4 Å². The fourth-order valence-electron chi connectivity index (χ4n) is 3.18. The highest BCUT2D eigenvalue weighted by molar-refractivity contribution is 6.32. The predicted octanol–water partition coefficient (Wildman–Crippen LogP) is 3.92. The molecule has 4 nitrogen and oxygen atoms in total. The molecule has 1 aliphatic rings. The van der Waals surface area contributed by atoms with Crippen molar-refractivity contribution >= 4 is 23.0 Å². The van der Waals surface area contributed by atoms with E-state index in [9.17, 15) is 5.11 Å². The van der Waals surface area contributed by atoms with E-state index in [1.807, 2.05) is 24.3 Å². The van der Waals surface area contributed by atoms with Gasteiger partial charge in [0.1, 0.15) is 5.75 Å². The molecule has 0 bridgehead atoms. The number of nitrogens with one attached hydrogen (secondary N) is 1. The molecule has 2 N–H and O–H groups in total. The van der Waals surface area contributed by atoms with Crippen LogP contribution in [-0.2, 0) is 6.54 Å². The molecular formula is C19H23ClN2O2. The van der Waals surface area contributed by atoms with Gasteiger partial charge in [-0.05, 0) is 48.7 Å². The zero-order valence-electron chi connectivity index (χ0n) is 13.8. The number of halogens is 1. The van der Waals surface area contributed by atoms with Gasteiger partial charge in [0.05, 0.1) is 24.8 Å². The van der Waals surface area contributed by atoms with Gasteiger partial charge in [-0.1, -0.05) is 23.7 Å². The minimum atomic E-state index is 0.210. The maximum atomic E-state index is 9.51. The maximum Gasteiger partial charge on any atom is 0.137 e. The molecule has 0 saturated carbocycles. The Morgan fingerprint density at radius 1 is 1.29 bits per heavy atom. The van der Waals surface area contributed by atoms with E-state index in [1.165, 1.54) is 0 Å². The van der Waals surface area contributed by atoms with Crippen molar-refractivity contribution < 1.29 is 9.84 Å². The molecule has 128 valence electrons. The Labute approximate surface area is 148 Å². The van der Waals surface area contributed by atoms with Gasteiger partial charge >= 0.3 is 0 Å². The summed E-state index contributed by atoms with van der Waals surface area (Å²) < 4.78 is 5.18. The quantitative estimate of drug-likeness (QED) is 0.832. The lowest BCUT2D eigenvalue weighted by molar-refractivity contribution is 0.266. The first-order valence-electron chi connectivity index (χ1n) is 8.25. The second-order valence-electron chi connectivity index (χ2n) is 6.04. The Bertz CT molecular complexity index is 693. The van der Waals surface area contributed by atoms with Gasteiger partial charge in [0.25, 0.3) is 0 Å². The molecule has 1 aliphatic heterocycles. The fourth-order valence-corrected chi connectivity index (χ4v) is 3.46. The van der Waals surface area contributed by atoms with Crippen LogP contribution in [0.4, 0.5) is 11.4 Å². The Morgan fingerprint density at radius 3 is 2.92 bits per heavy atom. The Balaban J connectivity index is 1.67. The molecule has 0 aliphatic carbocycles. The number of ether oxygens (including phenoxy) is 1. The summed E-state index contributed by atoms with van der Waals surface area (Å²) in [5.41, 5.74) is 3.31. The number of rotatable bonds is 6. The molecule has 1 fully saturated rings. The van der Waals surface area contributed by atoms with Crippen LogP contribution in [0.3, 0.4) is 0 Å².